The van der Waals surface area contributed by atoms with E-state index in [-0.39, 0.29) is 18.1 Å². The molecule has 1 saturated heterocycles. The van der Waals surface area contributed by atoms with Crippen molar-refractivity contribution in [1.82, 2.24) is 4.90 Å². The Morgan fingerprint density at radius 1 is 1.08 bits per heavy atom. The van der Waals surface area contributed by atoms with Crippen molar-refractivity contribution < 1.29 is 14.3 Å². The minimum absolute atomic E-state index is 0.0298. The van der Waals surface area contributed by atoms with E-state index in [0.29, 0.717) is 31.0 Å². The highest BCUT2D eigenvalue weighted by molar-refractivity contribution is 5.94. The average Bonchev–Trinajstić information content (AvgIpc) is 2.59. The van der Waals surface area contributed by atoms with E-state index in [9.17, 15) is 4.79 Å². The average molecular weight is 325 g/mol. The number of carbonyl (C=O) groups is 1. The van der Waals surface area contributed by atoms with Gasteiger partial charge in [-0.15, -0.1) is 0 Å². The number of hydrogen-bond acceptors (Lipinski definition) is 3. The molecule has 0 N–H and O–H groups in total. The Labute approximate surface area is 143 Å². The van der Waals surface area contributed by atoms with Gasteiger partial charge in [0.25, 0.3) is 5.91 Å². The molecule has 1 fully saturated rings. The summed E-state index contributed by atoms with van der Waals surface area (Å²) in [4.78, 5) is 14.6. The Balaban J connectivity index is 1.67. The lowest BCUT2D eigenvalue weighted by atomic mass is 10.1. The van der Waals surface area contributed by atoms with Crippen molar-refractivity contribution in [3.05, 3.63) is 65.7 Å². The Hall–Kier alpha value is -2.33. The summed E-state index contributed by atoms with van der Waals surface area (Å²) in [7, 11) is 0. The Morgan fingerprint density at radius 2 is 1.79 bits per heavy atom. The van der Waals surface area contributed by atoms with E-state index in [2.05, 4.69) is 0 Å². The van der Waals surface area contributed by atoms with E-state index >= 15 is 0 Å². The van der Waals surface area contributed by atoms with Gasteiger partial charge < -0.3 is 14.4 Å². The summed E-state index contributed by atoms with van der Waals surface area (Å²) in [6, 6.07) is 17.4. The quantitative estimate of drug-likeness (QED) is 0.863. The van der Waals surface area contributed by atoms with E-state index in [1.165, 1.54) is 0 Å². The lowest BCUT2D eigenvalue weighted by Crippen LogP contribution is -2.48. The molecule has 0 bridgehead atoms. The molecule has 0 spiro atoms. The van der Waals surface area contributed by atoms with Crippen molar-refractivity contribution in [3.8, 4) is 5.75 Å². The van der Waals surface area contributed by atoms with E-state index in [4.69, 9.17) is 9.47 Å². The number of rotatable bonds is 4. The van der Waals surface area contributed by atoms with Crippen LogP contribution in [0.4, 0.5) is 0 Å². The fourth-order valence-corrected chi connectivity index (χ4v) is 2.99. The fourth-order valence-electron chi connectivity index (χ4n) is 2.99. The molecule has 1 aliphatic rings. The molecule has 0 aromatic heterocycles. The predicted molar refractivity (Wildman–Crippen MR) is 93.1 cm³/mol. The third kappa shape index (κ3) is 4.15. The molecule has 4 heteroatoms. The molecule has 0 saturated carbocycles. The van der Waals surface area contributed by atoms with Crippen LogP contribution in [-0.4, -0.2) is 36.1 Å². The molecule has 0 radical (unpaired) electrons. The lowest BCUT2D eigenvalue weighted by Gasteiger charge is -2.35. The SMILES string of the molecule is C[C@H]1CN(C(=O)c2cccc(OCc3ccccc3)c2)C[C@H](C)O1. The van der Waals surface area contributed by atoms with Crippen LogP contribution in [0, 0.1) is 0 Å². The Morgan fingerprint density at radius 3 is 2.50 bits per heavy atom. The second-order valence-electron chi connectivity index (χ2n) is 6.27. The first-order valence-electron chi connectivity index (χ1n) is 8.33. The molecule has 2 aromatic rings. The molecule has 1 heterocycles. The van der Waals surface area contributed by atoms with Gasteiger partial charge in [-0.3, -0.25) is 4.79 Å². The topological polar surface area (TPSA) is 38.8 Å². The van der Waals surface area contributed by atoms with Gasteiger partial charge in [0.1, 0.15) is 12.4 Å². The number of hydrogen-bond donors (Lipinski definition) is 0. The van der Waals surface area contributed by atoms with Crippen molar-refractivity contribution in [3.63, 3.8) is 0 Å². The Kier molecular flexibility index (Phi) is 5.16. The molecule has 24 heavy (non-hydrogen) atoms. The molecule has 126 valence electrons. The normalized spacial score (nSPS) is 20.7. The monoisotopic (exact) mass is 325 g/mol. The number of amides is 1. The molecular formula is C20H23NO3. The van der Waals surface area contributed by atoms with Gasteiger partial charge in [0, 0.05) is 18.7 Å². The van der Waals surface area contributed by atoms with Crippen molar-refractivity contribution in [2.45, 2.75) is 32.7 Å². The highest BCUT2D eigenvalue weighted by Crippen LogP contribution is 2.19. The third-order valence-electron chi connectivity index (χ3n) is 4.04. The summed E-state index contributed by atoms with van der Waals surface area (Å²) in [5.41, 5.74) is 1.76. The van der Waals surface area contributed by atoms with Gasteiger partial charge in [-0.1, -0.05) is 36.4 Å². The van der Waals surface area contributed by atoms with Gasteiger partial charge >= 0.3 is 0 Å². The highest BCUT2D eigenvalue weighted by Gasteiger charge is 2.26. The number of ether oxygens (including phenoxy) is 2. The minimum atomic E-state index is 0.0298. The highest BCUT2D eigenvalue weighted by atomic mass is 16.5. The maximum Gasteiger partial charge on any atom is 0.254 e. The van der Waals surface area contributed by atoms with Crippen LogP contribution in [0.5, 0.6) is 5.75 Å². The number of benzene rings is 2. The smallest absolute Gasteiger partial charge is 0.254 e. The Bertz CT molecular complexity index is 676. The minimum Gasteiger partial charge on any atom is -0.489 e. The zero-order chi connectivity index (χ0) is 16.9. The second-order valence-corrected chi connectivity index (χ2v) is 6.27. The first-order chi connectivity index (χ1) is 11.6. The number of carbonyl (C=O) groups excluding carboxylic acids is 1. The molecule has 1 amide bonds. The van der Waals surface area contributed by atoms with E-state index in [0.717, 1.165) is 5.56 Å². The third-order valence-corrected chi connectivity index (χ3v) is 4.04. The van der Waals surface area contributed by atoms with Gasteiger partial charge in [-0.2, -0.15) is 0 Å². The van der Waals surface area contributed by atoms with Gasteiger partial charge in [0.2, 0.25) is 0 Å². The molecule has 0 unspecified atom stereocenters. The summed E-state index contributed by atoms with van der Waals surface area (Å²) in [6.07, 6.45) is 0.130. The van der Waals surface area contributed by atoms with Crippen LogP contribution >= 0.6 is 0 Å². The number of morpholine rings is 1. The summed E-state index contributed by atoms with van der Waals surface area (Å²) in [6.45, 7) is 5.73. The summed E-state index contributed by atoms with van der Waals surface area (Å²) in [5.74, 6) is 0.737. The maximum atomic E-state index is 12.7. The molecule has 3 rings (SSSR count). The fraction of sp³-hybridized carbons (Fsp3) is 0.350. The van der Waals surface area contributed by atoms with Crippen LogP contribution in [0.2, 0.25) is 0 Å². The largest absolute Gasteiger partial charge is 0.489 e. The lowest BCUT2D eigenvalue weighted by molar-refractivity contribution is -0.0586. The predicted octanol–water partition coefficient (Wildman–Crippen LogP) is 3.52. The van der Waals surface area contributed by atoms with Crippen LogP contribution in [0.15, 0.2) is 54.6 Å². The summed E-state index contributed by atoms with van der Waals surface area (Å²) < 4.78 is 11.5. The van der Waals surface area contributed by atoms with Crippen LogP contribution in [0.25, 0.3) is 0 Å². The molecule has 4 nitrogen and oxygen atoms in total. The zero-order valence-corrected chi connectivity index (χ0v) is 14.1. The molecule has 0 aliphatic carbocycles. The molecule has 2 aromatic carbocycles. The summed E-state index contributed by atoms with van der Waals surface area (Å²) >= 11 is 0. The molecule has 1 aliphatic heterocycles. The second kappa shape index (κ2) is 7.49. The van der Waals surface area contributed by atoms with E-state index in [1.807, 2.05) is 73.3 Å². The zero-order valence-electron chi connectivity index (χ0n) is 14.1. The van der Waals surface area contributed by atoms with Crippen LogP contribution < -0.4 is 4.74 Å². The number of nitrogens with zero attached hydrogens (tertiary/aromatic N) is 1. The van der Waals surface area contributed by atoms with Crippen molar-refractivity contribution in [2.75, 3.05) is 13.1 Å². The van der Waals surface area contributed by atoms with Gasteiger partial charge in [-0.25, -0.2) is 0 Å². The maximum absolute atomic E-state index is 12.7. The van der Waals surface area contributed by atoms with Crippen LogP contribution in [-0.2, 0) is 11.3 Å². The molecule has 2 atom stereocenters. The van der Waals surface area contributed by atoms with E-state index < -0.39 is 0 Å². The van der Waals surface area contributed by atoms with Crippen LogP contribution in [0.1, 0.15) is 29.8 Å². The van der Waals surface area contributed by atoms with Crippen molar-refractivity contribution in [1.29, 1.82) is 0 Å². The van der Waals surface area contributed by atoms with Crippen LogP contribution in [0.3, 0.4) is 0 Å². The summed E-state index contributed by atoms with van der Waals surface area (Å²) in [5, 5.41) is 0. The van der Waals surface area contributed by atoms with Gasteiger partial charge in [-0.05, 0) is 37.6 Å². The van der Waals surface area contributed by atoms with Crippen molar-refractivity contribution >= 4 is 5.91 Å². The first kappa shape index (κ1) is 16.5. The first-order valence-corrected chi connectivity index (χ1v) is 8.33. The standard InChI is InChI=1S/C20H23NO3/c1-15-12-21(13-16(2)24-15)20(22)18-9-6-10-19(11-18)23-14-17-7-4-3-5-8-17/h3-11,15-16H,12-14H2,1-2H3/t15-,16-/m0/s1. The van der Waals surface area contributed by atoms with Gasteiger partial charge in [0.15, 0.2) is 0 Å². The van der Waals surface area contributed by atoms with Gasteiger partial charge in [0.05, 0.1) is 12.2 Å². The molecular weight excluding hydrogens is 302 g/mol. The van der Waals surface area contributed by atoms with E-state index in [1.54, 1.807) is 0 Å². The van der Waals surface area contributed by atoms with Crippen molar-refractivity contribution in [2.24, 2.45) is 0 Å².